The maximum Gasteiger partial charge on any atom is 0.258 e. The zero-order valence-electron chi connectivity index (χ0n) is 8.65. The molecule has 3 nitrogen and oxygen atoms in total. The highest BCUT2D eigenvalue weighted by Gasteiger charge is 2.10. The Morgan fingerprint density at radius 3 is 2.65 bits per heavy atom. The van der Waals surface area contributed by atoms with Crippen molar-refractivity contribution in [2.75, 3.05) is 5.32 Å². The van der Waals surface area contributed by atoms with Gasteiger partial charge in [0.05, 0.1) is 10.6 Å². The van der Waals surface area contributed by atoms with Crippen LogP contribution in [-0.4, -0.2) is 10.9 Å². The van der Waals surface area contributed by atoms with E-state index in [0.717, 1.165) is 0 Å². The van der Waals surface area contributed by atoms with Crippen LogP contribution in [0.5, 0.6) is 0 Å². The molecule has 1 heterocycles. The molecule has 0 bridgehead atoms. The van der Waals surface area contributed by atoms with Gasteiger partial charge < -0.3 is 5.32 Å². The van der Waals surface area contributed by atoms with Crippen molar-refractivity contribution in [3.63, 3.8) is 0 Å². The topological polar surface area (TPSA) is 42.0 Å². The quantitative estimate of drug-likeness (QED) is 0.858. The Kier molecular flexibility index (Phi) is 3.76. The van der Waals surface area contributed by atoms with E-state index in [9.17, 15) is 4.79 Å². The number of aromatic nitrogens is 1. The number of nitrogens with one attached hydrogen (secondary N) is 1. The number of carbonyl (C=O) groups is 1. The molecule has 0 radical (unpaired) electrons. The molecule has 1 aromatic carbocycles. The summed E-state index contributed by atoms with van der Waals surface area (Å²) in [4.78, 5) is 16.0. The second-order valence-electron chi connectivity index (χ2n) is 3.28. The largest absolute Gasteiger partial charge is 0.306 e. The van der Waals surface area contributed by atoms with E-state index < -0.39 is 0 Å². The first kappa shape index (κ1) is 12.1. The number of nitrogens with zero attached hydrogens (tertiary/aromatic N) is 1. The first-order valence-corrected chi connectivity index (χ1v) is 6.02. The fourth-order valence-corrected chi connectivity index (χ4v) is 1.87. The predicted octanol–water partition coefficient (Wildman–Crippen LogP) is 3.75. The van der Waals surface area contributed by atoms with Gasteiger partial charge >= 0.3 is 0 Å². The Bertz CT molecular complexity index is 560. The van der Waals surface area contributed by atoms with Crippen LogP contribution in [0.1, 0.15) is 10.4 Å². The zero-order chi connectivity index (χ0) is 12.3. The van der Waals surface area contributed by atoms with Crippen molar-refractivity contribution in [2.24, 2.45) is 0 Å². The van der Waals surface area contributed by atoms with Crippen LogP contribution in [0.4, 0.5) is 5.82 Å². The molecule has 1 N–H and O–H groups in total. The summed E-state index contributed by atoms with van der Waals surface area (Å²) in [5, 5.41) is 3.09. The average Bonchev–Trinajstić information content (AvgIpc) is 2.29. The molecule has 86 valence electrons. The van der Waals surface area contributed by atoms with E-state index in [1.807, 2.05) is 0 Å². The molecule has 2 aromatic rings. The van der Waals surface area contributed by atoms with Gasteiger partial charge in [0, 0.05) is 0 Å². The minimum atomic E-state index is -0.277. The third-order valence-corrected chi connectivity index (χ3v) is 2.85. The molecule has 5 heteroatoms. The zero-order valence-corrected chi connectivity index (χ0v) is 11.0. The molecular formula is C12H8BrClN2O. The molecule has 0 saturated heterocycles. The van der Waals surface area contributed by atoms with Crippen LogP contribution >= 0.6 is 27.5 Å². The Morgan fingerprint density at radius 1 is 1.18 bits per heavy atom. The van der Waals surface area contributed by atoms with E-state index in [2.05, 4.69) is 26.2 Å². The second kappa shape index (κ2) is 5.29. The number of hydrogen-bond acceptors (Lipinski definition) is 2. The van der Waals surface area contributed by atoms with Crippen molar-refractivity contribution in [3.8, 4) is 0 Å². The Hall–Kier alpha value is -1.39. The summed E-state index contributed by atoms with van der Waals surface area (Å²) in [5.41, 5.74) is 0.427. The molecule has 0 aliphatic rings. The number of halogens is 2. The van der Waals surface area contributed by atoms with Crippen molar-refractivity contribution >= 4 is 39.3 Å². The van der Waals surface area contributed by atoms with E-state index in [-0.39, 0.29) is 5.91 Å². The van der Waals surface area contributed by atoms with Gasteiger partial charge in [-0.05, 0) is 40.2 Å². The van der Waals surface area contributed by atoms with Gasteiger partial charge in [-0.15, -0.1) is 0 Å². The number of pyridine rings is 1. The predicted molar refractivity (Wildman–Crippen MR) is 71.3 cm³/mol. The summed E-state index contributed by atoms with van der Waals surface area (Å²) in [6, 6.07) is 12.1. The van der Waals surface area contributed by atoms with Gasteiger partial charge in [-0.25, -0.2) is 4.98 Å². The van der Waals surface area contributed by atoms with Crippen molar-refractivity contribution in [2.45, 2.75) is 0 Å². The number of amides is 1. The Morgan fingerprint density at radius 2 is 1.94 bits per heavy atom. The summed E-state index contributed by atoms with van der Waals surface area (Å²) < 4.78 is 0.662. The molecule has 0 spiro atoms. The van der Waals surface area contributed by atoms with Gasteiger partial charge in [0.2, 0.25) is 0 Å². The molecule has 1 aromatic heterocycles. The summed E-state index contributed by atoms with van der Waals surface area (Å²) in [6.45, 7) is 0. The van der Waals surface area contributed by atoms with Gasteiger partial charge in [0.25, 0.3) is 5.91 Å². The summed E-state index contributed by atoms with van der Waals surface area (Å²) in [6.07, 6.45) is 0. The molecule has 2 rings (SSSR count). The number of hydrogen-bond donors (Lipinski definition) is 1. The molecule has 0 atom stereocenters. The second-order valence-corrected chi connectivity index (χ2v) is 4.50. The van der Waals surface area contributed by atoms with Crippen LogP contribution in [0.25, 0.3) is 0 Å². The van der Waals surface area contributed by atoms with Crippen LogP contribution in [0, 0.1) is 0 Å². The SMILES string of the molecule is O=C(Nc1cccc(Br)n1)c1ccccc1Cl. The first-order chi connectivity index (χ1) is 8.16. The molecular weight excluding hydrogens is 304 g/mol. The third-order valence-electron chi connectivity index (χ3n) is 2.08. The molecule has 0 saturated carbocycles. The number of benzene rings is 1. The van der Waals surface area contributed by atoms with E-state index in [1.165, 1.54) is 0 Å². The fraction of sp³-hybridized carbons (Fsp3) is 0. The number of rotatable bonds is 2. The Balaban J connectivity index is 2.20. The lowest BCUT2D eigenvalue weighted by molar-refractivity contribution is 0.102. The van der Waals surface area contributed by atoms with Gasteiger partial charge in [-0.1, -0.05) is 29.8 Å². The van der Waals surface area contributed by atoms with Crippen LogP contribution < -0.4 is 5.32 Å². The molecule has 0 fully saturated rings. The highest BCUT2D eigenvalue weighted by atomic mass is 79.9. The highest BCUT2D eigenvalue weighted by Crippen LogP contribution is 2.17. The van der Waals surface area contributed by atoms with Crippen molar-refractivity contribution in [3.05, 3.63) is 57.7 Å². The minimum absolute atomic E-state index is 0.277. The first-order valence-electron chi connectivity index (χ1n) is 4.85. The van der Waals surface area contributed by atoms with Crippen LogP contribution in [-0.2, 0) is 0 Å². The molecule has 0 unspecified atom stereocenters. The minimum Gasteiger partial charge on any atom is -0.306 e. The summed E-state index contributed by atoms with van der Waals surface area (Å²) in [7, 11) is 0. The van der Waals surface area contributed by atoms with Crippen LogP contribution in [0.3, 0.4) is 0 Å². The molecule has 1 amide bonds. The fourth-order valence-electron chi connectivity index (χ4n) is 1.31. The highest BCUT2D eigenvalue weighted by molar-refractivity contribution is 9.10. The summed E-state index contributed by atoms with van der Waals surface area (Å²) >= 11 is 9.16. The van der Waals surface area contributed by atoms with Gasteiger partial charge in [0.15, 0.2) is 0 Å². The van der Waals surface area contributed by atoms with E-state index in [4.69, 9.17) is 11.6 Å². The standard InChI is InChI=1S/C12H8BrClN2O/c13-10-6-3-7-11(15-10)16-12(17)8-4-1-2-5-9(8)14/h1-7H,(H,15,16,17). The van der Waals surface area contributed by atoms with Crippen molar-refractivity contribution in [1.29, 1.82) is 0 Å². The van der Waals surface area contributed by atoms with Gasteiger partial charge in [0.1, 0.15) is 10.4 Å². The lowest BCUT2D eigenvalue weighted by Crippen LogP contribution is -2.13. The lowest BCUT2D eigenvalue weighted by Gasteiger charge is -2.05. The third kappa shape index (κ3) is 3.05. The normalized spacial score (nSPS) is 10.0. The van der Waals surface area contributed by atoms with Gasteiger partial charge in [-0.3, -0.25) is 4.79 Å². The van der Waals surface area contributed by atoms with Gasteiger partial charge in [-0.2, -0.15) is 0 Å². The van der Waals surface area contributed by atoms with Crippen molar-refractivity contribution < 1.29 is 4.79 Å². The van der Waals surface area contributed by atoms with E-state index in [1.54, 1.807) is 42.5 Å². The van der Waals surface area contributed by atoms with Crippen LogP contribution in [0.15, 0.2) is 47.1 Å². The van der Waals surface area contributed by atoms with E-state index in [0.29, 0.717) is 21.0 Å². The monoisotopic (exact) mass is 310 g/mol. The van der Waals surface area contributed by atoms with Crippen LogP contribution in [0.2, 0.25) is 5.02 Å². The average molecular weight is 312 g/mol. The smallest absolute Gasteiger partial charge is 0.258 e. The number of anilines is 1. The molecule has 17 heavy (non-hydrogen) atoms. The van der Waals surface area contributed by atoms with Crippen molar-refractivity contribution in [1.82, 2.24) is 4.98 Å². The maximum absolute atomic E-state index is 11.9. The lowest BCUT2D eigenvalue weighted by atomic mass is 10.2. The summed E-state index contributed by atoms with van der Waals surface area (Å²) in [5.74, 6) is 0.200. The molecule has 0 aliphatic carbocycles. The maximum atomic E-state index is 11.9. The molecule has 0 aliphatic heterocycles. The Labute approximate surface area is 112 Å². The van der Waals surface area contributed by atoms with E-state index >= 15 is 0 Å². The number of carbonyl (C=O) groups excluding carboxylic acids is 1.